The minimum atomic E-state index is -0.471. The van der Waals surface area contributed by atoms with E-state index in [0.29, 0.717) is 19.6 Å². The molecule has 3 nitrogen and oxygen atoms in total. The number of hydrogen-bond donors (Lipinski definition) is 2. The van der Waals surface area contributed by atoms with Gasteiger partial charge in [-0.3, -0.25) is 0 Å². The molecule has 0 radical (unpaired) electrons. The standard InChI is InChI=1S/C11H17NO2/c1-9-2-4-11(5-3-9)14-8-10(13)6-7-12/h2-5,10,13H,6-8,12H2,1H3. The molecule has 0 bridgehead atoms. The number of aryl methyl sites for hydroxylation is 1. The fourth-order valence-corrected chi connectivity index (χ4v) is 1.10. The maximum atomic E-state index is 9.36. The summed E-state index contributed by atoms with van der Waals surface area (Å²) in [5.74, 6) is 0.784. The molecule has 0 heterocycles. The molecule has 0 aromatic heterocycles. The van der Waals surface area contributed by atoms with Gasteiger partial charge in [0.1, 0.15) is 12.4 Å². The summed E-state index contributed by atoms with van der Waals surface area (Å²) < 4.78 is 5.37. The van der Waals surface area contributed by atoms with Crippen LogP contribution in [0.4, 0.5) is 0 Å². The quantitative estimate of drug-likeness (QED) is 0.739. The highest BCUT2D eigenvalue weighted by atomic mass is 16.5. The van der Waals surface area contributed by atoms with Gasteiger partial charge in [0, 0.05) is 0 Å². The average Bonchev–Trinajstić information content (AvgIpc) is 2.17. The van der Waals surface area contributed by atoms with Crippen LogP contribution in [0.1, 0.15) is 12.0 Å². The van der Waals surface area contributed by atoms with Gasteiger partial charge in [0.05, 0.1) is 6.10 Å². The third-order valence-electron chi connectivity index (χ3n) is 1.96. The summed E-state index contributed by atoms with van der Waals surface area (Å²) in [4.78, 5) is 0. The summed E-state index contributed by atoms with van der Waals surface area (Å²) in [6.45, 7) is 2.81. The summed E-state index contributed by atoms with van der Waals surface area (Å²) in [7, 11) is 0. The summed E-state index contributed by atoms with van der Waals surface area (Å²) in [6.07, 6.45) is 0.104. The fourth-order valence-electron chi connectivity index (χ4n) is 1.10. The Labute approximate surface area is 84.5 Å². The van der Waals surface area contributed by atoms with E-state index in [-0.39, 0.29) is 0 Å². The topological polar surface area (TPSA) is 55.5 Å². The van der Waals surface area contributed by atoms with Gasteiger partial charge in [-0.15, -0.1) is 0 Å². The van der Waals surface area contributed by atoms with Crippen LogP contribution in [0.25, 0.3) is 0 Å². The molecule has 0 aliphatic rings. The van der Waals surface area contributed by atoms with Crippen molar-refractivity contribution in [1.29, 1.82) is 0 Å². The lowest BCUT2D eigenvalue weighted by Gasteiger charge is -2.11. The van der Waals surface area contributed by atoms with Crippen molar-refractivity contribution in [2.75, 3.05) is 13.2 Å². The second-order valence-electron chi connectivity index (χ2n) is 3.36. The Morgan fingerprint density at radius 3 is 2.57 bits per heavy atom. The Balaban J connectivity index is 2.34. The van der Waals surface area contributed by atoms with Crippen LogP contribution in [-0.4, -0.2) is 24.4 Å². The maximum Gasteiger partial charge on any atom is 0.119 e. The Kier molecular flexibility index (Phi) is 4.43. The zero-order valence-corrected chi connectivity index (χ0v) is 8.44. The van der Waals surface area contributed by atoms with Crippen LogP contribution in [0.15, 0.2) is 24.3 Å². The van der Waals surface area contributed by atoms with Crippen molar-refractivity contribution in [3.63, 3.8) is 0 Å². The van der Waals surface area contributed by atoms with E-state index in [1.54, 1.807) is 0 Å². The molecule has 14 heavy (non-hydrogen) atoms. The van der Waals surface area contributed by atoms with E-state index < -0.39 is 6.10 Å². The zero-order valence-electron chi connectivity index (χ0n) is 8.44. The Morgan fingerprint density at radius 2 is 2.00 bits per heavy atom. The number of aliphatic hydroxyl groups is 1. The van der Waals surface area contributed by atoms with Crippen LogP contribution >= 0.6 is 0 Å². The van der Waals surface area contributed by atoms with E-state index in [1.165, 1.54) is 5.56 Å². The zero-order chi connectivity index (χ0) is 10.4. The first-order chi connectivity index (χ1) is 6.72. The van der Waals surface area contributed by atoms with E-state index >= 15 is 0 Å². The predicted octanol–water partition coefficient (Wildman–Crippen LogP) is 1.08. The van der Waals surface area contributed by atoms with Gasteiger partial charge in [0.2, 0.25) is 0 Å². The van der Waals surface area contributed by atoms with E-state index in [9.17, 15) is 5.11 Å². The number of rotatable bonds is 5. The molecular weight excluding hydrogens is 178 g/mol. The molecule has 1 atom stereocenters. The van der Waals surface area contributed by atoms with Crippen LogP contribution in [0, 0.1) is 6.92 Å². The Morgan fingerprint density at radius 1 is 1.36 bits per heavy atom. The van der Waals surface area contributed by atoms with Crippen LogP contribution in [0.3, 0.4) is 0 Å². The van der Waals surface area contributed by atoms with Crippen LogP contribution in [0.5, 0.6) is 5.75 Å². The van der Waals surface area contributed by atoms with Crippen molar-refractivity contribution in [3.8, 4) is 5.75 Å². The van der Waals surface area contributed by atoms with Gasteiger partial charge in [-0.25, -0.2) is 0 Å². The Hall–Kier alpha value is -1.06. The molecule has 3 N–H and O–H groups in total. The highest BCUT2D eigenvalue weighted by Crippen LogP contribution is 2.11. The number of ether oxygens (including phenoxy) is 1. The van der Waals surface area contributed by atoms with Gasteiger partial charge in [-0.2, -0.15) is 0 Å². The smallest absolute Gasteiger partial charge is 0.119 e. The highest BCUT2D eigenvalue weighted by molar-refractivity contribution is 5.26. The van der Waals surface area contributed by atoms with Crippen LogP contribution in [-0.2, 0) is 0 Å². The molecule has 0 aliphatic heterocycles. The lowest BCUT2D eigenvalue weighted by Crippen LogP contribution is -2.21. The number of aliphatic hydroxyl groups excluding tert-OH is 1. The van der Waals surface area contributed by atoms with Crippen molar-refractivity contribution in [2.24, 2.45) is 5.73 Å². The fraction of sp³-hybridized carbons (Fsp3) is 0.455. The molecule has 0 spiro atoms. The molecule has 0 aliphatic carbocycles. The van der Waals surface area contributed by atoms with Crippen molar-refractivity contribution in [3.05, 3.63) is 29.8 Å². The average molecular weight is 195 g/mol. The van der Waals surface area contributed by atoms with Gasteiger partial charge in [0.25, 0.3) is 0 Å². The minimum Gasteiger partial charge on any atom is -0.491 e. The predicted molar refractivity (Wildman–Crippen MR) is 56.4 cm³/mol. The lowest BCUT2D eigenvalue weighted by molar-refractivity contribution is 0.102. The van der Waals surface area contributed by atoms with Crippen LogP contribution in [0.2, 0.25) is 0 Å². The summed E-state index contributed by atoms with van der Waals surface area (Å²) >= 11 is 0. The SMILES string of the molecule is Cc1ccc(OCC(O)CCN)cc1. The van der Waals surface area contributed by atoms with Crippen molar-refractivity contribution >= 4 is 0 Å². The molecule has 0 saturated heterocycles. The molecule has 78 valence electrons. The molecule has 1 rings (SSSR count). The van der Waals surface area contributed by atoms with Gasteiger partial charge in [-0.1, -0.05) is 17.7 Å². The van der Waals surface area contributed by atoms with Gasteiger partial charge >= 0.3 is 0 Å². The third kappa shape index (κ3) is 3.77. The monoisotopic (exact) mass is 195 g/mol. The second-order valence-corrected chi connectivity index (χ2v) is 3.36. The van der Waals surface area contributed by atoms with E-state index in [2.05, 4.69) is 0 Å². The summed E-state index contributed by atoms with van der Waals surface area (Å²) in [5, 5.41) is 9.36. The molecule has 1 unspecified atom stereocenters. The summed E-state index contributed by atoms with van der Waals surface area (Å²) in [5.41, 5.74) is 6.50. The minimum absolute atomic E-state index is 0.306. The van der Waals surface area contributed by atoms with Crippen molar-refractivity contribution in [1.82, 2.24) is 0 Å². The molecular formula is C11H17NO2. The summed E-state index contributed by atoms with van der Waals surface area (Å²) in [6, 6.07) is 7.74. The van der Waals surface area contributed by atoms with Gasteiger partial charge < -0.3 is 15.6 Å². The maximum absolute atomic E-state index is 9.36. The molecule has 1 aromatic rings. The van der Waals surface area contributed by atoms with E-state index in [4.69, 9.17) is 10.5 Å². The number of nitrogens with two attached hydrogens (primary N) is 1. The largest absolute Gasteiger partial charge is 0.491 e. The van der Waals surface area contributed by atoms with Crippen molar-refractivity contribution in [2.45, 2.75) is 19.4 Å². The van der Waals surface area contributed by atoms with Gasteiger partial charge in [0.15, 0.2) is 0 Å². The molecule has 3 heteroatoms. The first-order valence-corrected chi connectivity index (χ1v) is 4.80. The second kappa shape index (κ2) is 5.62. The highest BCUT2D eigenvalue weighted by Gasteiger charge is 2.03. The molecule has 0 fully saturated rings. The van der Waals surface area contributed by atoms with E-state index in [1.807, 2.05) is 31.2 Å². The molecule has 0 saturated carbocycles. The van der Waals surface area contributed by atoms with Gasteiger partial charge in [-0.05, 0) is 32.0 Å². The molecule has 0 amide bonds. The Bertz CT molecular complexity index is 258. The lowest BCUT2D eigenvalue weighted by atomic mass is 10.2. The van der Waals surface area contributed by atoms with Crippen LogP contribution < -0.4 is 10.5 Å². The van der Waals surface area contributed by atoms with E-state index in [0.717, 1.165) is 5.75 Å². The number of hydrogen-bond acceptors (Lipinski definition) is 3. The first-order valence-electron chi connectivity index (χ1n) is 4.80. The first kappa shape index (κ1) is 11.0. The third-order valence-corrected chi connectivity index (χ3v) is 1.96. The molecule has 1 aromatic carbocycles. The normalized spacial score (nSPS) is 12.5. The number of benzene rings is 1. The van der Waals surface area contributed by atoms with Crippen molar-refractivity contribution < 1.29 is 9.84 Å².